The molecule has 1 amide bonds. The number of aliphatic imine (C=N–C) groups is 1. The van der Waals surface area contributed by atoms with Crippen molar-refractivity contribution in [1.29, 1.82) is 0 Å². The lowest BCUT2D eigenvalue weighted by molar-refractivity contribution is -0.135. The van der Waals surface area contributed by atoms with Crippen LogP contribution in [0.4, 0.5) is 0 Å². The van der Waals surface area contributed by atoms with Gasteiger partial charge in [-0.2, -0.15) is 0 Å². The molecule has 5 nitrogen and oxygen atoms in total. The number of likely N-dealkylation sites (tertiary alicyclic amines) is 1. The van der Waals surface area contributed by atoms with Crippen LogP contribution >= 0.6 is 35.3 Å². The second-order valence-corrected chi connectivity index (χ2v) is 8.47. The largest absolute Gasteiger partial charge is 0.357 e. The zero-order valence-electron chi connectivity index (χ0n) is 16.5. The molecule has 1 aromatic rings. The zero-order chi connectivity index (χ0) is 18.4. The summed E-state index contributed by atoms with van der Waals surface area (Å²) in [5.74, 6) is 1.51. The van der Waals surface area contributed by atoms with Gasteiger partial charge in [-0.15, -0.1) is 35.3 Å². The van der Waals surface area contributed by atoms with Crippen molar-refractivity contribution in [1.82, 2.24) is 15.5 Å². The molecule has 2 aliphatic rings. The Morgan fingerprint density at radius 2 is 2.07 bits per heavy atom. The number of guanidine groups is 1. The van der Waals surface area contributed by atoms with Crippen LogP contribution < -0.4 is 10.6 Å². The number of hydrogen-bond donors (Lipinski definition) is 2. The van der Waals surface area contributed by atoms with Gasteiger partial charge in [0, 0.05) is 36.5 Å². The fraction of sp³-hybridized carbons (Fsp3) is 0.700. The Balaban J connectivity index is 0.00000261. The number of thiophene rings is 1. The summed E-state index contributed by atoms with van der Waals surface area (Å²) < 4.78 is 0. The highest BCUT2D eigenvalue weighted by Crippen LogP contribution is 2.26. The van der Waals surface area contributed by atoms with Crippen molar-refractivity contribution in [2.24, 2.45) is 10.9 Å². The summed E-state index contributed by atoms with van der Waals surface area (Å²) in [5, 5.41) is 8.99. The highest BCUT2D eigenvalue weighted by Gasteiger charge is 2.31. The first-order valence-corrected chi connectivity index (χ1v) is 10.9. The number of rotatable bonds is 5. The Kier molecular flexibility index (Phi) is 9.35. The van der Waals surface area contributed by atoms with E-state index in [1.807, 2.05) is 0 Å². The number of nitrogens with one attached hydrogen (secondary N) is 2. The Labute approximate surface area is 184 Å². The number of halogens is 1. The van der Waals surface area contributed by atoms with E-state index in [-0.39, 0.29) is 29.9 Å². The van der Waals surface area contributed by atoms with Gasteiger partial charge >= 0.3 is 0 Å². The van der Waals surface area contributed by atoms with Crippen LogP contribution in [0.25, 0.3) is 0 Å². The van der Waals surface area contributed by atoms with Crippen LogP contribution in [0, 0.1) is 12.8 Å². The maximum Gasteiger partial charge on any atom is 0.225 e. The van der Waals surface area contributed by atoms with E-state index in [4.69, 9.17) is 4.99 Å². The monoisotopic (exact) mass is 504 g/mol. The molecular weight excluding hydrogens is 471 g/mol. The van der Waals surface area contributed by atoms with E-state index in [2.05, 4.69) is 40.8 Å². The summed E-state index contributed by atoms with van der Waals surface area (Å²) in [4.78, 5) is 20.8. The minimum absolute atomic E-state index is 0. The van der Waals surface area contributed by atoms with E-state index >= 15 is 0 Å². The van der Waals surface area contributed by atoms with Crippen LogP contribution in [0.15, 0.2) is 16.4 Å². The maximum atomic E-state index is 12.7. The number of carbonyl (C=O) groups is 1. The van der Waals surface area contributed by atoms with Gasteiger partial charge in [0.05, 0.1) is 6.54 Å². The second kappa shape index (κ2) is 11.2. The lowest BCUT2D eigenvalue weighted by Crippen LogP contribution is -2.45. The Morgan fingerprint density at radius 3 is 2.74 bits per heavy atom. The van der Waals surface area contributed by atoms with Gasteiger partial charge in [0.15, 0.2) is 5.96 Å². The van der Waals surface area contributed by atoms with E-state index in [9.17, 15) is 4.79 Å². The van der Waals surface area contributed by atoms with Gasteiger partial charge in [-0.1, -0.05) is 19.3 Å². The van der Waals surface area contributed by atoms with Gasteiger partial charge in [-0.3, -0.25) is 4.79 Å². The van der Waals surface area contributed by atoms with Crippen molar-refractivity contribution in [2.45, 2.75) is 65.0 Å². The van der Waals surface area contributed by atoms with Gasteiger partial charge in [-0.05, 0) is 50.1 Å². The molecule has 0 radical (unpaired) electrons. The number of hydrogen-bond acceptors (Lipinski definition) is 3. The van der Waals surface area contributed by atoms with E-state index in [0.29, 0.717) is 18.5 Å². The molecule has 1 aromatic heterocycles. The van der Waals surface area contributed by atoms with E-state index in [0.717, 1.165) is 44.9 Å². The van der Waals surface area contributed by atoms with E-state index in [1.54, 1.807) is 11.3 Å². The minimum atomic E-state index is 0. The lowest BCUT2D eigenvalue weighted by Gasteiger charge is -2.26. The number of carbonyl (C=O) groups excluding carboxylic acids is 1. The van der Waals surface area contributed by atoms with E-state index < -0.39 is 0 Å². The summed E-state index contributed by atoms with van der Waals surface area (Å²) in [6, 6.07) is 2.44. The van der Waals surface area contributed by atoms with Crippen molar-refractivity contribution in [3.63, 3.8) is 0 Å². The molecule has 0 aromatic carbocycles. The summed E-state index contributed by atoms with van der Waals surface area (Å²) in [6.07, 6.45) is 6.88. The van der Waals surface area contributed by atoms with Crippen LogP contribution in [0.3, 0.4) is 0 Å². The number of nitrogens with zero attached hydrogens (tertiary/aromatic N) is 2. The molecule has 27 heavy (non-hydrogen) atoms. The topological polar surface area (TPSA) is 56.7 Å². The third kappa shape index (κ3) is 6.34. The van der Waals surface area contributed by atoms with Crippen LogP contribution in [-0.2, 0) is 11.3 Å². The normalized spacial score (nSPS) is 21.0. The average Bonchev–Trinajstić information content (AvgIpc) is 3.29. The molecule has 2 heterocycles. The first kappa shape index (κ1) is 22.5. The highest BCUT2D eigenvalue weighted by molar-refractivity contribution is 14.0. The number of amides is 1. The predicted octanol–water partition coefficient (Wildman–Crippen LogP) is 3.91. The molecule has 2 N–H and O–H groups in total. The molecule has 1 saturated heterocycles. The van der Waals surface area contributed by atoms with Crippen LogP contribution in [0.1, 0.15) is 55.9 Å². The van der Waals surface area contributed by atoms with Gasteiger partial charge in [0.2, 0.25) is 5.91 Å². The molecule has 1 saturated carbocycles. The smallest absolute Gasteiger partial charge is 0.225 e. The number of aryl methyl sites for hydroxylation is 1. The summed E-state index contributed by atoms with van der Waals surface area (Å²) in [7, 11) is 0. The van der Waals surface area contributed by atoms with Crippen LogP contribution in [0.2, 0.25) is 0 Å². The highest BCUT2D eigenvalue weighted by atomic mass is 127. The zero-order valence-corrected chi connectivity index (χ0v) is 19.6. The van der Waals surface area contributed by atoms with Crippen molar-refractivity contribution in [2.75, 3.05) is 19.6 Å². The van der Waals surface area contributed by atoms with Crippen LogP contribution in [-0.4, -0.2) is 42.4 Å². The standard InChI is InChI=1S/C20H32N4OS.HI/c1-3-21-20(22-13-18-15(2)10-12-26-18)23-17-9-11-24(14-17)19(25)16-7-5-4-6-8-16;/h10,12,16-17H,3-9,11,13-14H2,1-2H3,(H2,21,22,23);1H. The molecule has 1 unspecified atom stereocenters. The van der Waals surface area contributed by atoms with Gasteiger partial charge in [-0.25, -0.2) is 4.99 Å². The molecule has 2 fully saturated rings. The van der Waals surface area contributed by atoms with Crippen molar-refractivity contribution in [3.8, 4) is 0 Å². The third-order valence-electron chi connectivity index (χ3n) is 5.49. The minimum Gasteiger partial charge on any atom is -0.357 e. The Morgan fingerprint density at radius 1 is 1.30 bits per heavy atom. The molecule has 7 heteroatoms. The van der Waals surface area contributed by atoms with Gasteiger partial charge in [0.1, 0.15) is 0 Å². The van der Waals surface area contributed by atoms with Crippen molar-refractivity contribution in [3.05, 3.63) is 21.9 Å². The Hall–Kier alpha value is -0.830. The molecule has 0 spiro atoms. The maximum absolute atomic E-state index is 12.7. The van der Waals surface area contributed by atoms with Crippen LogP contribution in [0.5, 0.6) is 0 Å². The van der Waals surface area contributed by atoms with Crippen molar-refractivity contribution < 1.29 is 4.79 Å². The predicted molar refractivity (Wildman–Crippen MR) is 124 cm³/mol. The molecule has 1 atom stereocenters. The van der Waals surface area contributed by atoms with Gasteiger partial charge < -0.3 is 15.5 Å². The Bertz CT molecular complexity index is 627. The summed E-state index contributed by atoms with van der Waals surface area (Å²) in [5.41, 5.74) is 1.31. The molecule has 1 aliphatic carbocycles. The quantitative estimate of drug-likeness (QED) is 0.363. The lowest BCUT2D eigenvalue weighted by atomic mass is 9.88. The average molecular weight is 504 g/mol. The van der Waals surface area contributed by atoms with E-state index in [1.165, 1.54) is 29.7 Å². The fourth-order valence-electron chi connectivity index (χ4n) is 3.92. The molecule has 152 valence electrons. The first-order valence-electron chi connectivity index (χ1n) is 10.0. The van der Waals surface area contributed by atoms with Gasteiger partial charge in [0.25, 0.3) is 0 Å². The SMILES string of the molecule is CCNC(=NCc1sccc1C)NC1CCN(C(=O)C2CCCCC2)C1.I. The second-order valence-electron chi connectivity index (χ2n) is 7.47. The first-order chi connectivity index (χ1) is 12.7. The van der Waals surface area contributed by atoms with Crippen molar-refractivity contribution >= 4 is 47.2 Å². The molecule has 3 rings (SSSR count). The molecule has 1 aliphatic heterocycles. The fourth-order valence-corrected chi connectivity index (χ4v) is 4.75. The molecular formula is C20H33IN4OS. The third-order valence-corrected chi connectivity index (χ3v) is 6.50. The molecule has 0 bridgehead atoms. The summed E-state index contributed by atoms with van der Waals surface area (Å²) >= 11 is 1.76. The summed E-state index contributed by atoms with van der Waals surface area (Å²) in [6.45, 7) is 7.44.